The van der Waals surface area contributed by atoms with E-state index in [4.69, 9.17) is 18.9 Å². The lowest BCUT2D eigenvalue weighted by atomic mass is 10.4. The van der Waals surface area contributed by atoms with Gasteiger partial charge in [-0.3, -0.25) is 0 Å². The molecule has 96 valence electrons. The van der Waals surface area contributed by atoms with Crippen molar-refractivity contribution in [3.63, 3.8) is 0 Å². The highest BCUT2D eigenvalue weighted by atomic mass is 79.9. The molecule has 0 bridgehead atoms. The molecule has 1 aromatic rings. The Bertz CT molecular complexity index is 335. The summed E-state index contributed by atoms with van der Waals surface area (Å²) in [6, 6.07) is 1.80. The fraction of sp³-hybridized carbons (Fsp3) is 0.545. The molecular weight excluding hydrogens is 290 g/mol. The predicted octanol–water partition coefficient (Wildman–Crippen LogP) is 1.89. The van der Waals surface area contributed by atoms with E-state index in [2.05, 4.69) is 20.9 Å². The van der Waals surface area contributed by atoms with Crippen LogP contribution in [0, 0.1) is 0 Å². The van der Waals surface area contributed by atoms with E-state index in [-0.39, 0.29) is 0 Å². The van der Waals surface area contributed by atoms with Crippen LogP contribution >= 0.6 is 15.9 Å². The third kappa shape index (κ3) is 5.34. The van der Waals surface area contributed by atoms with Crippen molar-refractivity contribution in [2.45, 2.75) is 0 Å². The summed E-state index contributed by atoms with van der Waals surface area (Å²) in [6.07, 6.45) is 1.66. The predicted molar refractivity (Wildman–Crippen MR) is 66.7 cm³/mol. The lowest BCUT2D eigenvalue weighted by Gasteiger charge is -2.09. The first-order chi connectivity index (χ1) is 8.27. The van der Waals surface area contributed by atoms with Crippen molar-refractivity contribution in [1.29, 1.82) is 0 Å². The zero-order valence-corrected chi connectivity index (χ0v) is 11.5. The van der Waals surface area contributed by atoms with Gasteiger partial charge in [-0.05, 0) is 15.9 Å². The first-order valence-electron chi connectivity index (χ1n) is 5.17. The van der Waals surface area contributed by atoms with Gasteiger partial charge >= 0.3 is 0 Å². The summed E-state index contributed by atoms with van der Waals surface area (Å²) < 4.78 is 21.5. The summed E-state index contributed by atoms with van der Waals surface area (Å²) >= 11 is 3.31. The number of rotatable bonds is 8. The average Bonchev–Trinajstić information content (AvgIpc) is 2.35. The molecule has 6 heteroatoms. The minimum atomic E-state index is 0.425. The van der Waals surface area contributed by atoms with Gasteiger partial charge in [0.15, 0.2) is 5.75 Å². The van der Waals surface area contributed by atoms with Crippen LogP contribution in [0.15, 0.2) is 16.7 Å². The number of aromatic nitrogens is 1. The fourth-order valence-electron chi connectivity index (χ4n) is 1.10. The Labute approximate surface area is 109 Å². The smallest absolute Gasteiger partial charge is 0.257 e. The monoisotopic (exact) mass is 305 g/mol. The zero-order valence-electron chi connectivity index (χ0n) is 9.94. The summed E-state index contributed by atoms with van der Waals surface area (Å²) in [4.78, 5) is 4.11. The van der Waals surface area contributed by atoms with Gasteiger partial charge in [0.05, 0.1) is 26.9 Å². The molecule has 0 aromatic carbocycles. The molecular formula is C11H16BrNO4. The second-order valence-electron chi connectivity index (χ2n) is 3.11. The molecule has 0 aliphatic carbocycles. The number of hydrogen-bond acceptors (Lipinski definition) is 5. The van der Waals surface area contributed by atoms with E-state index >= 15 is 0 Å². The molecule has 0 saturated carbocycles. The van der Waals surface area contributed by atoms with E-state index in [9.17, 15) is 0 Å². The van der Waals surface area contributed by atoms with Crippen molar-refractivity contribution >= 4 is 15.9 Å². The van der Waals surface area contributed by atoms with Crippen LogP contribution in [0.3, 0.4) is 0 Å². The number of hydrogen-bond donors (Lipinski definition) is 0. The minimum absolute atomic E-state index is 0.425. The van der Waals surface area contributed by atoms with Gasteiger partial charge < -0.3 is 18.9 Å². The standard InChI is InChI=1S/C11H16BrNO4/c1-14-3-4-16-5-6-17-11-10(15-2)7-9(12)8-13-11/h7-8H,3-6H2,1-2H3. The molecule has 0 amide bonds. The van der Waals surface area contributed by atoms with E-state index in [0.717, 1.165) is 4.47 Å². The Morgan fingerprint density at radius 1 is 1.18 bits per heavy atom. The van der Waals surface area contributed by atoms with Gasteiger partial charge in [-0.15, -0.1) is 0 Å². The highest BCUT2D eigenvalue weighted by molar-refractivity contribution is 9.10. The fourth-order valence-corrected chi connectivity index (χ4v) is 1.41. The van der Waals surface area contributed by atoms with Crippen LogP contribution in [-0.2, 0) is 9.47 Å². The van der Waals surface area contributed by atoms with Crippen molar-refractivity contribution in [2.75, 3.05) is 40.6 Å². The van der Waals surface area contributed by atoms with Gasteiger partial charge in [-0.1, -0.05) is 0 Å². The van der Waals surface area contributed by atoms with E-state index in [1.54, 1.807) is 26.5 Å². The maximum atomic E-state index is 5.44. The summed E-state index contributed by atoms with van der Waals surface area (Å²) in [5, 5.41) is 0. The van der Waals surface area contributed by atoms with Crippen LogP contribution in [0.5, 0.6) is 11.6 Å². The molecule has 0 fully saturated rings. The molecule has 0 spiro atoms. The lowest BCUT2D eigenvalue weighted by Crippen LogP contribution is -2.11. The highest BCUT2D eigenvalue weighted by Gasteiger charge is 2.06. The molecule has 1 aromatic heterocycles. The molecule has 5 nitrogen and oxygen atoms in total. The third-order valence-electron chi connectivity index (χ3n) is 1.90. The Morgan fingerprint density at radius 2 is 1.94 bits per heavy atom. The molecule has 17 heavy (non-hydrogen) atoms. The maximum absolute atomic E-state index is 5.44. The minimum Gasteiger partial charge on any atom is -0.491 e. The van der Waals surface area contributed by atoms with E-state index in [0.29, 0.717) is 38.1 Å². The molecule has 0 saturated heterocycles. The number of halogens is 1. The summed E-state index contributed by atoms with van der Waals surface area (Å²) in [5.74, 6) is 1.06. The van der Waals surface area contributed by atoms with Crippen LogP contribution in [0.2, 0.25) is 0 Å². The summed E-state index contributed by atoms with van der Waals surface area (Å²) in [5.41, 5.74) is 0. The second kappa shape index (κ2) is 8.27. The first-order valence-corrected chi connectivity index (χ1v) is 5.96. The Morgan fingerprint density at radius 3 is 2.65 bits per heavy atom. The molecule has 1 rings (SSSR count). The van der Waals surface area contributed by atoms with Gasteiger partial charge in [0.1, 0.15) is 6.61 Å². The molecule has 0 aliphatic heterocycles. The Balaban J connectivity index is 2.31. The van der Waals surface area contributed by atoms with E-state index in [1.165, 1.54) is 0 Å². The van der Waals surface area contributed by atoms with Crippen LogP contribution in [0.1, 0.15) is 0 Å². The molecule has 0 unspecified atom stereocenters. The van der Waals surface area contributed by atoms with Crippen molar-refractivity contribution in [3.8, 4) is 11.6 Å². The lowest BCUT2D eigenvalue weighted by molar-refractivity contribution is 0.0532. The number of pyridine rings is 1. The van der Waals surface area contributed by atoms with Crippen molar-refractivity contribution in [3.05, 3.63) is 16.7 Å². The number of ether oxygens (including phenoxy) is 4. The number of nitrogens with zero attached hydrogens (tertiary/aromatic N) is 1. The third-order valence-corrected chi connectivity index (χ3v) is 2.34. The number of methoxy groups -OCH3 is 2. The summed E-state index contributed by atoms with van der Waals surface area (Å²) in [6.45, 7) is 2.06. The molecule has 0 radical (unpaired) electrons. The van der Waals surface area contributed by atoms with E-state index < -0.39 is 0 Å². The van der Waals surface area contributed by atoms with Crippen molar-refractivity contribution in [1.82, 2.24) is 4.98 Å². The first kappa shape index (κ1) is 14.2. The Hall–Kier alpha value is -0.850. The molecule has 0 N–H and O–H groups in total. The maximum Gasteiger partial charge on any atom is 0.257 e. The van der Waals surface area contributed by atoms with Crippen LogP contribution in [0.25, 0.3) is 0 Å². The van der Waals surface area contributed by atoms with Gasteiger partial charge in [0, 0.05) is 23.8 Å². The second-order valence-corrected chi connectivity index (χ2v) is 4.03. The average molecular weight is 306 g/mol. The topological polar surface area (TPSA) is 49.8 Å². The van der Waals surface area contributed by atoms with Gasteiger partial charge in [0.25, 0.3) is 5.88 Å². The van der Waals surface area contributed by atoms with Crippen molar-refractivity contribution < 1.29 is 18.9 Å². The Kier molecular flexibility index (Phi) is 6.91. The largest absolute Gasteiger partial charge is 0.491 e. The van der Waals surface area contributed by atoms with Crippen LogP contribution in [0.4, 0.5) is 0 Å². The quantitative estimate of drug-likeness (QED) is 0.687. The van der Waals surface area contributed by atoms with Gasteiger partial charge in [-0.2, -0.15) is 0 Å². The van der Waals surface area contributed by atoms with Crippen molar-refractivity contribution in [2.24, 2.45) is 0 Å². The van der Waals surface area contributed by atoms with Gasteiger partial charge in [-0.25, -0.2) is 4.98 Å². The molecule has 0 atom stereocenters. The normalized spacial score (nSPS) is 10.3. The van der Waals surface area contributed by atoms with Crippen LogP contribution < -0.4 is 9.47 Å². The van der Waals surface area contributed by atoms with E-state index in [1.807, 2.05) is 0 Å². The molecule has 1 heterocycles. The van der Waals surface area contributed by atoms with Crippen LogP contribution in [-0.4, -0.2) is 45.6 Å². The summed E-state index contributed by atoms with van der Waals surface area (Å²) in [7, 11) is 3.21. The molecule has 0 aliphatic rings. The zero-order chi connectivity index (χ0) is 12.5. The van der Waals surface area contributed by atoms with Gasteiger partial charge in [0.2, 0.25) is 0 Å². The SMILES string of the molecule is COCCOCCOc1ncc(Br)cc1OC. The highest BCUT2D eigenvalue weighted by Crippen LogP contribution is 2.26.